The number of benzene rings is 2. The lowest BCUT2D eigenvalue weighted by Crippen LogP contribution is -2.25. The van der Waals surface area contributed by atoms with Gasteiger partial charge in [-0.05, 0) is 30.2 Å². The second-order valence-corrected chi connectivity index (χ2v) is 6.52. The second-order valence-electron chi connectivity index (χ2n) is 6.52. The van der Waals surface area contributed by atoms with Gasteiger partial charge in [0, 0.05) is 23.1 Å². The predicted octanol–water partition coefficient (Wildman–Crippen LogP) is 2.57. The van der Waals surface area contributed by atoms with Crippen LogP contribution in [0.25, 0.3) is 11.3 Å². The summed E-state index contributed by atoms with van der Waals surface area (Å²) >= 11 is 0. The van der Waals surface area contributed by atoms with E-state index in [1.165, 1.54) is 5.56 Å². The van der Waals surface area contributed by atoms with Gasteiger partial charge in [-0.15, -0.1) is 10.2 Å². The molecule has 0 aliphatic heterocycles. The van der Waals surface area contributed by atoms with E-state index in [4.69, 9.17) is 5.73 Å². The fraction of sp³-hybridized carbons (Fsp3) is 0.200. The fourth-order valence-electron chi connectivity index (χ4n) is 3.20. The van der Waals surface area contributed by atoms with Crippen LogP contribution in [0.1, 0.15) is 29.7 Å². The third-order valence-electron chi connectivity index (χ3n) is 4.72. The molecule has 1 saturated carbocycles. The van der Waals surface area contributed by atoms with Crippen molar-refractivity contribution in [2.75, 3.05) is 5.73 Å². The SMILES string of the molecule is Nc1nnc(-c2ccccc2O)cc1C(O)N[C@@H]1C[C@H]1c1ccccc1. The zero-order chi connectivity index (χ0) is 18.1. The van der Waals surface area contributed by atoms with E-state index >= 15 is 0 Å². The number of rotatable bonds is 5. The van der Waals surface area contributed by atoms with Crippen LogP contribution in [-0.4, -0.2) is 26.5 Å². The lowest BCUT2D eigenvalue weighted by atomic mass is 10.1. The number of aliphatic hydroxyl groups is 1. The number of nitrogens with two attached hydrogens (primary N) is 1. The van der Waals surface area contributed by atoms with Crippen LogP contribution in [0.4, 0.5) is 5.82 Å². The molecule has 0 radical (unpaired) electrons. The van der Waals surface area contributed by atoms with Crippen molar-refractivity contribution in [3.05, 3.63) is 71.8 Å². The Balaban J connectivity index is 1.52. The van der Waals surface area contributed by atoms with E-state index in [-0.39, 0.29) is 17.6 Å². The number of aromatic nitrogens is 2. The molecule has 1 aliphatic rings. The Morgan fingerprint density at radius 1 is 1.04 bits per heavy atom. The number of hydrogen-bond acceptors (Lipinski definition) is 6. The molecule has 1 aliphatic carbocycles. The molecule has 0 spiro atoms. The highest BCUT2D eigenvalue weighted by Gasteiger charge is 2.39. The van der Waals surface area contributed by atoms with Gasteiger partial charge in [0.25, 0.3) is 0 Å². The first-order valence-electron chi connectivity index (χ1n) is 8.54. The number of anilines is 1. The summed E-state index contributed by atoms with van der Waals surface area (Å²) in [5, 5.41) is 31.8. The van der Waals surface area contributed by atoms with Crippen LogP contribution in [0.5, 0.6) is 5.75 Å². The van der Waals surface area contributed by atoms with Crippen molar-refractivity contribution in [3.8, 4) is 17.0 Å². The van der Waals surface area contributed by atoms with Crippen molar-refractivity contribution in [1.29, 1.82) is 0 Å². The van der Waals surface area contributed by atoms with Crippen LogP contribution in [-0.2, 0) is 0 Å². The largest absolute Gasteiger partial charge is 0.507 e. The van der Waals surface area contributed by atoms with Crippen molar-refractivity contribution in [2.24, 2.45) is 0 Å². The van der Waals surface area contributed by atoms with Crippen LogP contribution >= 0.6 is 0 Å². The molecule has 2 aromatic carbocycles. The van der Waals surface area contributed by atoms with E-state index in [1.807, 2.05) is 18.2 Å². The van der Waals surface area contributed by atoms with Crippen molar-refractivity contribution < 1.29 is 10.2 Å². The first-order valence-corrected chi connectivity index (χ1v) is 8.54. The van der Waals surface area contributed by atoms with Crippen molar-refractivity contribution in [1.82, 2.24) is 15.5 Å². The zero-order valence-corrected chi connectivity index (χ0v) is 14.1. The van der Waals surface area contributed by atoms with Crippen molar-refractivity contribution in [2.45, 2.75) is 24.6 Å². The topological polar surface area (TPSA) is 104 Å². The summed E-state index contributed by atoms with van der Waals surface area (Å²) in [6, 6.07) is 18.9. The number of aliphatic hydroxyl groups excluding tert-OH is 1. The van der Waals surface area contributed by atoms with Gasteiger partial charge in [-0.25, -0.2) is 0 Å². The molecule has 1 fully saturated rings. The standard InChI is InChI=1S/C20H20N4O2/c21-19-15(11-17(23-24-19)13-8-4-5-9-18(13)25)20(26)22-16-10-14(16)12-6-2-1-3-7-12/h1-9,11,14,16,20,22,25-26H,10H2,(H2,21,24)/t14-,16+,20?/m0/s1. The van der Waals surface area contributed by atoms with E-state index in [2.05, 4.69) is 27.6 Å². The van der Waals surface area contributed by atoms with Gasteiger partial charge in [-0.1, -0.05) is 42.5 Å². The summed E-state index contributed by atoms with van der Waals surface area (Å²) in [7, 11) is 0. The Bertz CT molecular complexity index is 917. The van der Waals surface area contributed by atoms with Crippen molar-refractivity contribution >= 4 is 5.82 Å². The summed E-state index contributed by atoms with van der Waals surface area (Å²) in [4.78, 5) is 0. The molecule has 132 valence electrons. The fourth-order valence-corrected chi connectivity index (χ4v) is 3.20. The predicted molar refractivity (Wildman–Crippen MR) is 99.2 cm³/mol. The van der Waals surface area contributed by atoms with Crippen LogP contribution in [0.2, 0.25) is 0 Å². The Kier molecular flexibility index (Phi) is 4.28. The summed E-state index contributed by atoms with van der Waals surface area (Å²) in [5.41, 5.74) is 8.63. The van der Waals surface area contributed by atoms with E-state index < -0.39 is 6.23 Å². The first kappa shape index (κ1) is 16.5. The number of nitrogen functional groups attached to an aromatic ring is 1. The molecular formula is C20H20N4O2. The molecule has 3 atom stereocenters. The summed E-state index contributed by atoms with van der Waals surface area (Å²) in [5.74, 6) is 0.659. The maximum absolute atomic E-state index is 10.6. The Morgan fingerprint density at radius 3 is 2.54 bits per heavy atom. The van der Waals surface area contributed by atoms with Gasteiger partial charge < -0.3 is 15.9 Å². The lowest BCUT2D eigenvalue weighted by molar-refractivity contribution is 0.136. The minimum absolute atomic E-state index is 0.103. The van der Waals surface area contributed by atoms with E-state index in [9.17, 15) is 10.2 Å². The molecule has 6 heteroatoms. The molecule has 0 amide bonds. The minimum Gasteiger partial charge on any atom is -0.507 e. The third kappa shape index (κ3) is 3.24. The monoisotopic (exact) mass is 348 g/mol. The van der Waals surface area contributed by atoms with E-state index in [0.29, 0.717) is 22.7 Å². The smallest absolute Gasteiger partial charge is 0.153 e. The Hall–Kier alpha value is -2.96. The van der Waals surface area contributed by atoms with Crippen LogP contribution in [0.3, 0.4) is 0 Å². The van der Waals surface area contributed by atoms with Crippen LogP contribution < -0.4 is 11.1 Å². The van der Waals surface area contributed by atoms with Gasteiger partial charge in [0.15, 0.2) is 5.82 Å². The lowest BCUT2D eigenvalue weighted by Gasteiger charge is -2.15. The van der Waals surface area contributed by atoms with Gasteiger partial charge in [-0.2, -0.15) is 0 Å². The van der Waals surface area contributed by atoms with Gasteiger partial charge in [0.2, 0.25) is 0 Å². The molecule has 5 N–H and O–H groups in total. The molecule has 0 bridgehead atoms. The van der Waals surface area contributed by atoms with Crippen molar-refractivity contribution in [3.63, 3.8) is 0 Å². The number of nitrogens with zero attached hydrogens (tertiary/aromatic N) is 2. The molecule has 1 aromatic heterocycles. The quantitative estimate of drug-likeness (QED) is 0.528. The Labute approximate surface area is 151 Å². The van der Waals surface area contributed by atoms with E-state index in [1.54, 1.807) is 30.3 Å². The highest BCUT2D eigenvalue weighted by atomic mass is 16.3. The van der Waals surface area contributed by atoms with E-state index in [0.717, 1.165) is 6.42 Å². The maximum Gasteiger partial charge on any atom is 0.153 e. The summed E-state index contributed by atoms with van der Waals surface area (Å²) in [6.45, 7) is 0. The number of nitrogens with one attached hydrogen (secondary N) is 1. The number of hydrogen-bond donors (Lipinski definition) is 4. The summed E-state index contributed by atoms with van der Waals surface area (Å²) < 4.78 is 0. The number of para-hydroxylation sites is 1. The third-order valence-corrected chi connectivity index (χ3v) is 4.72. The molecular weight excluding hydrogens is 328 g/mol. The number of aromatic hydroxyl groups is 1. The normalized spacial score (nSPS) is 19.9. The minimum atomic E-state index is -0.950. The van der Waals surface area contributed by atoms with Gasteiger partial charge in [0.1, 0.15) is 12.0 Å². The molecule has 1 unspecified atom stereocenters. The Morgan fingerprint density at radius 2 is 1.77 bits per heavy atom. The maximum atomic E-state index is 10.6. The number of phenols is 1. The molecule has 1 heterocycles. The average molecular weight is 348 g/mol. The molecule has 3 aromatic rings. The van der Waals surface area contributed by atoms with Gasteiger partial charge in [0.05, 0.1) is 5.69 Å². The molecule has 26 heavy (non-hydrogen) atoms. The van der Waals surface area contributed by atoms with Gasteiger partial charge in [-0.3, -0.25) is 5.32 Å². The first-order chi connectivity index (χ1) is 12.6. The number of phenolic OH excluding ortho intramolecular Hbond substituents is 1. The highest BCUT2D eigenvalue weighted by Crippen LogP contribution is 2.42. The average Bonchev–Trinajstić information content (AvgIpc) is 3.42. The molecule has 6 nitrogen and oxygen atoms in total. The van der Waals surface area contributed by atoms with Gasteiger partial charge >= 0.3 is 0 Å². The molecule has 4 rings (SSSR count). The zero-order valence-electron chi connectivity index (χ0n) is 14.1. The second kappa shape index (κ2) is 6.74. The highest BCUT2D eigenvalue weighted by molar-refractivity contribution is 5.67. The summed E-state index contributed by atoms with van der Waals surface area (Å²) in [6.07, 6.45) is 0.0139. The molecule has 0 saturated heterocycles. The van der Waals surface area contributed by atoms with Crippen LogP contribution in [0.15, 0.2) is 60.7 Å². The van der Waals surface area contributed by atoms with Crippen LogP contribution in [0, 0.1) is 0 Å².